The average Bonchev–Trinajstić information content (AvgIpc) is 2.43. The zero-order chi connectivity index (χ0) is 12.8. The molecule has 0 radical (unpaired) electrons. The van der Waals surface area contributed by atoms with Gasteiger partial charge in [-0.05, 0) is 49.3 Å². The SMILES string of the molecule is NNC(=O)CCCCc1ccc2c(c1)CCCO2. The van der Waals surface area contributed by atoms with E-state index < -0.39 is 0 Å². The smallest absolute Gasteiger partial charge is 0.233 e. The summed E-state index contributed by atoms with van der Waals surface area (Å²) in [4.78, 5) is 11.0. The first-order valence-corrected chi connectivity index (χ1v) is 6.53. The van der Waals surface area contributed by atoms with Crippen molar-refractivity contribution in [2.75, 3.05) is 6.61 Å². The van der Waals surface area contributed by atoms with Gasteiger partial charge in [-0.15, -0.1) is 0 Å². The highest BCUT2D eigenvalue weighted by Gasteiger charge is 2.10. The third-order valence-electron chi connectivity index (χ3n) is 3.25. The normalized spacial score (nSPS) is 13.6. The summed E-state index contributed by atoms with van der Waals surface area (Å²) < 4.78 is 5.58. The number of hydrogen-bond donors (Lipinski definition) is 2. The number of carbonyl (C=O) groups excluding carboxylic acids is 1. The largest absolute Gasteiger partial charge is 0.493 e. The highest BCUT2D eigenvalue weighted by atomic mass is 16.5. The van der Waals surface area contributed by atoms with Crippen LogP contribution in [0.5, 0.6) is 5.75 Å². The van der Waals surface area contributed by atoms with Gasteiger partial charge in [0, 0.05) is 6.42 Å². The fraction of sp³-hybridized carbons (Fsp3) is 0.500. The van der Waals surface area contributed by atoms with Crippen LogP contribution in [0.15, 0.2) is 18.2 Å². The number of unbranched alkanes of at least 4 members (excludes halogenated alkanes) is 1. The molecule has 1 aliphatic heterocycles. The van der Waals surface area contributed by atoms with Crippen molar-refractivity contribution in [3.05, 3.63) is 29.3 Å². The molecule has 1 amide bonds. The summed E-state index contributed by atoms with van der Waals surface area (Å²) in [7, 11) is 0. The van der Waals surface area contributed by atoms with E-state index in [1.807, 2.05) is 0 Å². The summed E-state index contributed by atoms with van der Waals surface area (Å²) in [6.45, 7) is 0.834. The first-order valence-electron chi connectivity index (χ1n) is 6.53. The van der Waals surface area contributed by atoms with E-state index in [1.54, 1.807) is 0 Å². The highest BCUT2D eigenvalue weighted by Crippen LogP contribution is 2.26. The van der Waals surface area contributed by atoms with Crippen molar-refractivity contribution >= 4 is 5.91 Å². The van der Waals surface area contributed by atoms with Crippen LogP contribution in [0.4, 0.5) is 0 Å². The molecule has 1 aromatic carbocycles. The second kappa shape index (κ2) is 6.40. The van der Waals surface area contributed by atoms with Crippen molar-refractivity contribution in [3.8, 4) is 5.75 Å². The Morgan fingerprint density at radius 2 is 2.28 bits per heavy atom. The fourth-order valence-corrected chi connectivity index (χ4v) is 2.26. The van der Waals surface area contributed by atoms with Crippen LogP contribution in [-0.4, -0.2) is 12.5 Å². The minimum absolute atomic E-state index is 0.0890. The zero-order valence-electron chi connectivity index (χ0n) is 10.6. The first-order chi connectivity index (χ1) is 8.79. The Labute approximate surface area is 107 Å². The lowest BCUT2D eigenvalue weighted by Gasteiger charge is -2.17. The van der Waals surface area contributed by atoms with Gasteiger partial charge in [0.25, 0.3) is 0 Å². The Morgan fingerprint density at radius 3 is 3.11 bits per heavy atom. The minimum atomic E-state index is -0.0890. The predicted octanol–water partition coefficient (Wildman–Crippen LogP) is 1.71. The number of hydrazine groups is 1. The summed E-state index contributed by atoms with van der Waals surface area (Å²) in [6, 6.07) is 6.42. The molecular formula is C14H20N2O2. The molecule has 0 fully saturated rings. The molecule has 4 heteroatoms. The van der Waals surface area contributed by atoms with Gasteiger partial charge in [-0.2, -0.15) is 0 Å². The maximum atomic E-state index is 11.0. The second-order valence-corrected chi connectivity index (χ2v) is 4.67. The van der Waals surface area contributed by atoms with E-state index in [0.29, 0.717) is 6.42 Å². The predicted molar refractivity (Wildman–Crippen MR) is 70.1 cm³/mol. The summed E-state index contributed by atoms with van der Waals surface area (Å²) in [5, 5.41) is 0. The van der Waals surface area contributed by atoms with Gasteiger partial charge >= 0.3 is 0 Å². The van der Waals surface area contributed by atoms with E-state index in [9.17, 15) is 4.79 Å². The number of aryl methyl sites for hydroxylation is 2. The lowest BCUT2D eigenvalue weighted by atomic mass is 10.00. The number of nitrogens with two attached hydrogens (primary N) is 1. The van der Waals surface area contributed by atoms with Crippen LogP contribution >= 0.6 is 0 Å². The number of amides is 1. The molecule has 0 spiro atoms. The lowest BCUT2D eigenvalue weighted by molar-refractivity contribution is -0.121. The van der Waals surface area contributed by atoms with Crippen LogP contribution < -0.4 is 16.0 Å². The molecular weight excluding hydrogens is 228 g/mol. The third kappa shape index (κ3) is 3.47. The number of hydrogen-bond acceptors (Lipinski definition) is 3. The molecule has 0 aromatic heterocycles. The highest BCUT2D eigenvalue weighted by molar-refractivity contribution is 5.75. The van der Waals surface area contributed by atoms with Crippen LogP contribution in [-0.2, 0) is 17.6 Å². The van der Waals surface area contributed by atoms with Gasteiger partial charge in [0.05, 0.1) is 6.61 Å². The Bertz CT molecular complexity index is 418. The number of rotatable bonds is 5. The van der Waals surface area contributed by atoms with Crippen molar-refractivity contribution in [3.63, 3.8) is 0 Å². The van der Waals surface area contributed by atoms with Crippen LogP contribution in [0, 0.1) is 0 Å². The van der Waals surface area contributed by atoms with Crippen LogP contribution in [0.25, 0.3) is 0 Å². The molecule has 0 bridgehead atoms. The molecule has 18 heavy (non-hydrogen) atoms. The van der Waals surface area contributed by atoms with Gasteiger partial charge in [0.1, 0.15) is 5.75 Å². The van der Waals surface area contributed by atoms with E-state index in [-0.39, 0.29) is 5.91 Å². The van der Waals surface area contributed by atoms with E-state index in [4.69, 9.17) is 10.6 Å². The Morgan fingerprint density at radius 1 is 1.39 bits per heavy atom. The molecule has 4 nitrogen and oxygen atoms in total. The molecule has 0 saturated heterocycles. The maximum Gasteiger partial charge on any atom is 0.233 e. The molecule has 0 saturated carbocycles. The molecule has 0 aliphatic carbocycles. The first kappa shape index (κ1) is 12.9. The van der Waals surface area contributed by atoms with Gasteiger partial charge in [0.2, 0.25) is 5.91 Å². The quantitative estimate of drug-likeness (QED) is 0.361. The number of ether oxygens (including phenoxy) is 1. The van der Waals surface area contributed by atoms with Gasteiger partial charge in [-0.3, -0.25) is 10.2 Å². The minimum Gasteiger partial charge on any atom is -0.493 e. The molecule has 0 unspecified atom stereocenters. The second-order valence-electron chi connectivity index (χ2n) is 4.67. The lowest BCUT2D eigenvalue weighted by Crippen LogP contribution is -2.29. The van der Waals surface area contributed by atoms with E-state index in [1.165, 1.54) is 11.1 Å². The number of nitrogens with one attached hydrogen (secondary N) is 1. The van der Waals surface area contributed by atoms with Gasteiger partial charge in [-0.25, -0.2) is 5.84 Å². The average molecular weight is 248 g/mol. The molecule has 3 N–H and O–H groups in total. The summed E-state index contributed by atoms with van der Waals surface area (Å²) >= 11 is 0. The third-order valence-corrected chi connectivity index (χ3v) is 3.25. The topological polar surface area (TPSA) is 64.3 Å². The van der Waals surface area contributed by atoms with Crippen molar-refractivity contribution < 1.29 is 9.53 Å². The number of fused-ring (bicyclic) bond motifs is 1. The van der Waals surface area contributed by atoms with Crippen molar-refractivity contribution in [1.82, 2.24) is 5.43 Å². The Kier molecular flexibility index (Phi) is 4.59. The van der Waals surface area contributed by atoms with Crippen molar-refractivity contribution in [1.29, 1.82) is 0 Å². The van der Waals surface area contributed by atoms with Crippen LogP contribution in [0.2, 0.25) is 0 Å². The Hall–Kier alpha value is -1.55. The molecule has 0 atom stereocenters. The standard InChI is InChI=1S/C14H20N2O2/c15-16-14(17)6-2-1-4-11-7-8-13-12(10-11)5-3-9-18-13/h7-8,10H,1-6,9,15H2,(H,16,17). The van der Waals surface area contributed by atoms with E-state index in [2.05, 4.69) is 23.6 Å². The van der Waals surface area contributed by atoms with Crippen LogP contribution in [0.3, 0.4) is 0 Å². The molecule has 98 valence electrons. The van der Waals surface area contributed by atoms with Gasteiger partial charge < -0.3 is 4.74 Å². The zero-order valence-corrected chi connectivity index (χ0v) is 10.6. The van der Waals surface area contributed by atoms with Gasteiger partial charge in [-0.1, -0.05) is 12.1 Å². The molecule has 1 aliphatic rings. The Balaban J connectivity index is 1.81. The summed E-state index contributed by atoms with van der Waals surface area (Å²) in [6.07, 6.45) is 5.60. The van der Waals surface area contributed by atoms with E-state index in [0.717, 1.165) is 44.5 Å². The van der Waals surface area contributed by atoms with Crippen LogP contribution in [0.1, 0.15) is 36.8 Å². The number of benzene rings is 1. The summed E-state index contributed by atoms with van der Waals surface area (Å²) in [5.74, 6) is 5.97. The number of carbonyl (C=O) groups is 1. The monoisotopic (exact) mass is 248 g/mol. The maximum absolute atomic E-state index is 11.0. The molecule has 1 aromatic rings. The molecule has 1 heterocycles. The van der Waals surface area contributed by atoms with Gasteiger partial charge in [0.15, 0.2) is 0 Å². The summed E-state index contributed by atoms with van der Waals surface area (Å²) in [5.41, 5.74) is 4.79. The van der Waals surface area contributed by atoms with Crippen molar-refractivity contribution in [2.24, 2.45) is 5.84 Å². The van der Waals surface area contributed by atoms with Crippen molar-refractivity contribution in [2.45, 2.75) is 38.5 Å². The fourth-order valence-electron chi connectivity index (χ4n) is 2.26. The molecule has 2 rings (SSSR count). The van der Waals surface area contributed by atoms with E-state index >= 15 is 0 Å².